The smallest absolute Gasteiger partial charge is 0.346 e. The van der Waals surface area contributed by atoms with Gasteiger partial charge in [-0.1, -0.05) is 23.8 Å². The zero-order valence-electron chi connectivity index (χ0n) is 7.65. The predicted molar refractivity (Wildman–Crippen MR) is 52.8 cm³/mol. The molecular weight excluding hydrogens is 206 g/mol. The lowest BCUT2D eigenvalue weighted by Gasteiger charge is -2.22. The summed E-state index contributed by atoms with van der Waals surface area (Å²) in [7, 11) is 0. The van der Waals surface area contributed by atoms with Crippen molar-refractivity contribution in [3.63, 3.8) is 0 Å². The average Bonchev–Trinajstić information content (AvgIpc) is 2.15. The predicted octanol–water partition coefficient (Wildman–Crippen LogP) is 0.0368. The van der Waals surface area contributed by atoms with E-state index < -0.39 is 6.09 Å². The van der Waals surface area contributed by atoms with Crippen LogP contribution in [0.15, 0.2) is 5.16 Å². The number of thioether (sulfide) groups is 1. The first-order chi connectivity index (χ1) is 6.63. The van der Waals surface area contributed by atoms with E-state index in [4.69, 9.17) is 5.73 Å². The second kappa shape index (κ2) is 4.85. The number of hydrogen-bond acceptors (Lipinski definition) is 5. The number of hydrogen-bond donors (Lipinski definition) is 2. The first-order valence-electron chi connectivity index (χ1n) is 4.10. The van der Waals surface area contributed by atoms with E-state index in [2.05, 4.69) is 15.3 Å². The third-order valence-corrected chi connectivity index (χ3v) is 2.68. The van der Waals surface area contributed by atoms with Crippen molar-refractivity contribution in [3.8, 4) is 0 Å². The molecule has 0 aromatic carbocycles. The Morgan fingerprint density at radius 3 is 3.14 bits per heavy atom. The third kappa shape index (κ3) is 2.91. The van der Waals surface area contributed by atoms with Crippen molar-refractivity contribution in [1.82, 2.24) is 5.32 Å². The molecule has 0 bridgehead atoms. The van der Waals surface area contributed by atoms with Crippen LogP contribution in [0, 0.1) is 0 Å². The molecule has 0 saturated carbocycles. The average molecular weight is 217 g/mol. The van der Waals surface area contributed by atoms with Crippen LogP contribution < -0.4 is 11.1 Å². The number of rotatable bonds is 2. The van der Waals surface area contributed by atoms with Crippen molar-refractivity contribution in [2.75, 3.05) is 5.75 Å². The van der Waals surface area contributed by atoms with Gasteiger partial charge in [-0.15, -0.1) is 0 Å². The summed E-state index contributed by atoms with van der Waals surface area (Å²) in [6, 6.07) is -0.180. The summed E-state index contributed by atoms with van der Waals surface area (Å²) in [5, 5.41) is 6.85. The summed E-state index contributed by atoms with van der Waals surface area (Å²) >= 11 is 1.25. The van der Waals surface area contributed by atoms with Crippen molar-refractivity contribution in [1.29, 1.82) is 0 Å². The molecule has 1 rings (SSSR count). The van der Waals surface area contributed by atoms with Gasteiger partial charge < -0.3 is 11.1 Å². The second-order valence-corrected chi connectivity index (χ2v) is 3.65. The maximum atomic E-state index is 11.0. The summed E-state index contributed by atoms with van der Waals surface area (Å²) in [6.45, 7) is 1.90. The number of nitrogens with two attached hydrogens (primary N) is 1. The molecule has 1 heterocycles. The highest BCUT2D eigenvalue weighted by Gasteiger charge is 2.24. The van der Waals surface area contributed by atoms with Crippen molar-refractivity contribution in [3.05, 3.63) is 0 Å². The van der Waals surface area contributed by atoms with Gasteiger partial charge in [-0.05, 0) is 6.42 Å². The van der Waals surface area contributed by atoms with Gasteiger partial charge in [0, 0.05) is 0 Å². The summed E-state index contributed by atoms with van der Waals surface area (Å²) in [5.74, 6) is 0.247. The van der Waals surface area contributed by atoms with E-state index in [1.807, 2.05) is 6.92 Å². The zero-order chi connectivity index (χ0) is 10.6. The number of carbonyl (C=O) groups excluding carboxylic acids is 2. The third-order valence-electron chi connectivity index (χ3n) is 1.62. The minimum atomic E-state index is -0.954. The Hall–Kier alpha value is -1.24. The molecule has 0 spiro atoms. The standard InChI is InChI=1S/C7H11N3O3S/c1-2-4-6(10-13-7(8)12)14-3-5(11)9-4/h4H,2-3H2,1H3,(H2,8,12)(H,9,11). The molecule has 7 heteroatoms. The molecule has 0 aliphatic carbocycles. The molecular formula is C7H11N3O3S. The van der Waals surface area contributed by atoms with Gasteiger partial charge in [-0.2, -0.15) is 0 Å². The Kier molecular flexibility index (Phi) is 3.75. The summed E-state index contributed by atoms with van der Waals surface area (Å²) in [5.41, 5.74) is 4.76. The number of nitrogens with zero attached hydrogens (tertiary/aromatic N) is 1. The molecule has 1 aliphatic heterocycles. The van der Waals surface area contributed by atoms with Crippen LogP contribution in [0.5, 0.6) is 0 Å². The SMILES string of the molecule is CCC1NC(=O)CSC1=NOC(N)=O. The normalized spacial score (nSPS) is 24.5. The fourth-order valence-electron chi connectivity index (χ4n) is 0.994. The Labute approximate surface area is 85.2 Å². The molecule has 1 saturated heterocycles. The van der Waals surface area contributed by atoms with Crippen molar-refractivity contribution in [2.45, 2.75) is 19.4 Å². The molecule has 3 N–H and O–H groups in total. The van der Waals surface area contributed by atoms with Crippen molar-refractivity contribution in [2.24, 2.45) is 10.9 Å². The lowest BCUT2D eigenvalue weighted by Crippen LogP contribution is -2.44. The van der Waals surface area contributed by atoms with E-state index in [0.717, 1.165) is 0 Å². The van der Waals surface area contributed by atoms with Gasteiger partial charge in [0.15, 0.2) is 0 Å². The van der Waals surface area contributed by atoms with E-state index in [1.54, 1.807) is 0 Å². The Balaban J connectivity index is 2.62. The lowest BCUT2D eigenvalue weighted by molar-refractivity contribution is -0.118. The van der Waals surface area contributed by atoms with Gasteiger partial charge in [-0.25, -0.2) is 4.79 Å². The van der Waals surface area contributed by atoms with Crippen LogP contribution in [0.2, 0.25) is 0 Å². The quantitative estimate of drug-likeness (QED) is 0.504. The van der Waals surface area contributed by atoms with Gasteiger partial charge in [0.1, 0.15) is 5.04 Å². The van der Waals surface area contributed by atoms with Gasteiger partial charge in [0.25, 0.3) is 0 Å². The highest BCUT2D eigenvalue weighted by Crippen LogP contribution is 2.15. The van der Waals surface area contributed by atoms with Crippen LogP contribution in [-0.2, 0) is 9.63 Å². The van der Waals surface area contributed by atoms with E-state index >= 15 is 0 Å². The zero-order valence-corrected chi connectivity index (χ0v) is 8.47. The van der Waals surface area contributed by atoms with Gasteiger partial charge in [0.2, 0.25) is 5.91 Å². The Bertz CT molecular complexity index is 279. The van der Waals surface area contributed by atoms with Crippen LogP contribution in [0.1, 0.15) is 13.3 Å². The van der Waals surface area contributed by atoms with Gasteiger partial charge in [-0.3, -0.25) is 9.63 Å². The molecule has 1 unspecified atom stereocenters. The molecule has 78 valence electrons. The fourth-order valence-corrected chi connectivity index (χ4v) is 1.87. The van der Waals surface area contributed by atoms with Crippen LogP contribution in [0.25, 0.3) is 0 Å². The summed E-state index contributed by atoms with van der Waals surface area (Å²) in [6.07, 6.45) is -0.260. The van der Waals surface area contributed by atoms with Crippen LogP contribution in [0.3, 0.4) is 0 Å². The Morgan fingerprint density at radius 2 is 2.57 bits per heavy atom. The molecule has 2 amide bonds. The van der Waals surface area contributed by atoms with Gasteiger partial charge in [0.05, 0.1) is 11.8 Å². The second-order valence-electron chi connectivity index (χ2n) is 2.66. The maximum absolute atomic E-state index is 11.0. The molecule has 14 heavy (non-hydrogen) atoms. The Morgan fingerprint density at radius 1 is 1.86 bits per heavy atom. The largest absolute Gasteiger partial charge is 0.430 e. The van der Waals surface area contributed by atoms with Crippen LogP contribution >= 0.6 is 11.8 Å². The molecule has 6 nitrogen and oxygen atoms in total. The van der Waals surface area contributed by atoms with Crippen molar-refractivity contribution >= 4 is 28.8 Å². The first-order valence-corrected chi connectivity index (χ1v) is 5.08. The van der Waals surface area contributed by atoms with Crippen LogP contribution in [0.4, 0.5) is 4.79 Å². The molecule has 1 fully saturated rings. The number of carbonyl (C=O) groups is 2. The van der Waals surface area contributed by atoms with E-state index in [9.17, 15) is 9.59 Å². The van der Waals surface area contributed by atoms with Crippen molar-refractivity contribution < 1.29 is 14.4 Å². The van der Waals surface area contributed by atoms with E-state index in [0.29, 0.717) is 11.5 Å². The lowest BCUT2D eigenvalue weighted by atomic mass is 10.2. The molecule has 1 aliphatic rings. The number of amides is 2. The van der Waals surface area contributed by atoms with E-state index in [1.165, 1.54) is 11.8 Å². The minimum Gasteiger partial charge on any atom is -0.346 e. The monoisotopic (exact) mass is 217 g/mol. The molecule has 0 aromatic heterocycles. The number of oxime groups is 1. The topological polar surface area (TPSA) is 93.8 Å². The number of primary amides is 1. The maximum Gasteiger partial charge on any atom is 0.430 e. The molecule has 0 radical (unpaired) electrons. The first kappa shape index (κ1) is 10.8. The summed E-state index contributed by atoms with van der Waals surface area (Å²) in [4.78, 5) is 25.6. The van der Waals surface area contributed by atoms with Crippen LogP contribution in [-0.4, -0.2) is 28.8 Å². The summed E-state index contributed by atoms with van der Waals surface area (Å²) < 4.78 is 0. The highest BCUT2D eigenvalue weighted by atomic mass is 32.2. The van der Waals surface area contributed by atoms with E-state index in [-0.39, 0.29) is 17.7 Å². The fraction of sp³-hybridized carbons (Fsp3) is 0.571. The molecule has 0 aromatic rings. The minimum absolute atomic E-state index is 0.0418. The molecule has 1 atom stereocenters. The highest BCUT2D eigenvalue weighted by molar-refractivity contribution is 8.14. The number of nitrogens with one attached hydrogen (secondary N) is 1. The van der Waals surface area contributed by atoms with Gasteiger partial charge >= 0.3 is 6.09 Å².